The number of nitrogens with one attached hydrogen (secondary N) is 1. The Labute approximate surface area is 134 Å². The fourth-order valence-electron chi connectivity index (χ4n) is 2.16. The standard InChI is InChI=1S/C17H21NO2.C2H6/c1-13-5-4-6-14(9-13)11-18-12-15-7-8-16(19-2)17(10-15)20-3;1-2/h4-10,18H,11-12H2,1-3H3;1-2H3. The van der Waals surface area contributed by atoms with Gasteiger partial charge in [-0.25, -0.2) is 0 Å². The normalized spacial score (nSPS) is 9.68. The highest BCUT2D eigenvalue weighted by Gasteiger charge is 2.04. The van der Waals surface area contributed by atoms with Crippen molar-refractivity contribution >= 4 is 0 Å². The van der Waals surface area contributed by atoms with Gasteiger partial charge in [-0.2, -0.15) is 0 Å². The van der Waals surface area contributed by atoms with Crippen molar-refractivity contribution in [1.29, 1.82) is 0 Å². The van der Waals surface area contributed by atoms with Crippen LogP contribution in [0.2, 0.25) is 0 Å². The summed E-state index contributed by atoms with van der Waals surface area (Å²) in [7, 11) is 3.30. The average Bonchev–Trinajstić information content (AvgIpc) is 2.56. The zero-order valence-corrected chi connectivity index (χ0v) is 14.3. The second-order valence-electron chi connectivity index (χ2n) is 4.78. The number of ether oxygens (including phenoxy) is 2. The molecule has 1 N–H and O–H groups in total. The van der Waals surface area contributed by atoms with Crippen molar-refractivity contribution in [2.75, 3.05) is 14.2 Å². The van der Waals surface area contributed by atoms with Crippen molar-refractivity contribution in [2.45, 2.75) is 33.9 Å². The van der Waals surface area contributed by atoms with Crippen LogP contribution in [0.3, 0.4) is 0 Å². The van der Waals surface area contributed by atoms with Crippen molar-refractivity contribution in [3.05, 3.63) is 59.2 Å². The highest BCUT2D eigenvalue weighted by Crippen LogP contribution is 2.27. The maximum Gasteiger partial charge on any atom is 0.161 e. The summed E-state index contributed by atoms with van der Waals surface area (Å²) < 4.78 is 10.5. The monoisotopic (exact) mass is 301 g/mol. The van der Waals surface area contributed by atoms with Crippen LogP contribution in [0.25, 0.3) is 0 Å². The second kappa shape index (κ2) is 9.85. The molecule has 0 saturated heterocycles. The van der Waals surface area contributed by atoms with E-state index in [9.17, 15) is 0 Å². The molecule has 0 amide bonds. The smallest absolute Gasteiger partial charge is 0.161 e. The lowest BCUT2D eigenvalue weighted by Gasteiger charge is -2.10. The Morgan fingerprint density at radius 1 is 0.818 bits per heavy atom. The Morgan fingerprint density at radius 2 is 1.45 bits per heavy atom. The number of aryl methyl sites for hydroxylation is 1. The molecule has 3 heteroatoms. The van der Waals surface area contributed by atoms with Crippen LogP contribution in [0, 0.1) is 6.92 Å². The van der Waals surface area contributed by atoms with E-state index >= 15 is 0 Å². The lowest BCUT2D eigenvalue weighted by atomic mass is 10.1. The molecule has 0 bridgehead atoms. The summed E-state index contributed by atoms with van der Waals surface area (Å²) in [4.78, 5) is 0. The summed E-state index contributed by atoms with van der Waals surface area (Å²) in [6, 6.07) is 14.5. The van der Waals surface area contributed by atoms with Crippen molar-refractivity contribution in [3.8, 4) is 11.5 Å². The van der Waals surface area contributed by atoms with Crippen molar-refractivity contribution in [2.24, 2.45) is 0 Å². The largest absolute Gasteiger partial charge is 0.493 e. The first-order valence-corrected chi connectivity index (χ1v) is 7.70. The van der Waals surface area contributed by atoms with Crippen molar-refractivity contribution in [3.63, 3.8) is 0 Å². The Kier molecular flexibility index (Phi) is 8.08. The molecule has 0 saturated carbocycles. The molecular formula is C19H27NO2. The van der Waals surface area contributed by atoms with Gasteiger partial charge in [0.15, 0.2) is 11.5 Å². The van der Waals surface area contributed by atoms with E-state index in [4.69, 9.17) is 9.47 Å². The summed E-state index contributed by atoms with van der Waals surface area (Å²) in [5.74, 6) is 1.53. The molecule has 0 radical (unpaired) electrons. The number of hydrogen-bond donors (Lipinski definition) is 1. The molecule has 120 valence electrons. The summed E-state index contributed by atoms with van der Waals surface area (Å²) in [5, 5.41) is 3.44. The second-order valence-corrected chi connectivity index (χ2v) is 4.78. The number of benzene rings is 2. The number of methoxy groups -OCH3 is 2. The zero-order valence-electron chi connectivity index (χ0n) is 14.3. The van der Waals surface area contributed by atoms with Crippen molar-refractivity contribution in [1.82, 2.24) is 5.32 Å². The summed E-state index contributed by atoms with van der Waals surface area (Å²) >= 11 is 0. The van der Waals surface area contributed by atoms with Gasteiger partial charge in [0.05, 0.1) is 14.2 Å². The van der Waals surface area contributed by atoms with Gasteiger partial charge in [0, 0.05) is 13.1 Å². The van der Waals surface area contributed by atoms with E-state index in [1.165, 1.54) is 16.7 Å². The first kappa shape index (κ1) is 18.1. The fourth-order valence-corrected chi connectivity index (χ4v) is 2.16. The third kappa shape index (κ3) is 5.41. The summed E-state index contributed by atoms with van der Waals surface area (Å²) in [5.41, 5.74) is 3.76. The molecule has 2 rings (SSSR count). The molecule has 0 aromatic heterocycles. The van der Waals surface area contributed by atoms with E-state index < -0.39 is 0 Å². The Balaban J connectivity index is 0.00000116. The van der Waals surface area contributed by atoms with Gasteiger partial charge in [0.1, 0.15) is 0 Å². The molecule has 2 aromatic carbocycles. The lowest BCUT2D eigenvalue weighted by molar-refractivity contribution is 0.354. The molecule has 3 nitrogen and oxygen atoms in total. The summed E-state index contributed by atoms with van der Waals surface area (Å²) in [6.07, 6.45) is 0. The predicted octanol–water partition coefficient (Wildman–Crippen LogP) is 4.33. The topological polar surface area (TPSA) is 30.5 Å². The predicted molar refractivity (Wildman–Crippen MR) is 92.6 cm³/mol. The van der Waals surface area contributed by atoms with E-state index in [0.29, 0.717) is 0 Å². The van der Waals surface area contributed by atoms with Gasteiger partial charge >= 0.3 is 0 Å². The molecule has 0 aliphatic carbocycles. The van der Waals surface area contributed by atoms with Crippen LogP contribution in [-0.2, 0) is 13.1 Å². The van der Waals surface area contributed by atoms with Crippen LogP contribution < -0.4 is 14.8 Å². The molecule has 0 aliphatic heterocycles. The number of hydrogen-bond acceptors (Lipinski definition) is 3. The zero-order chi connectivity index (χ0) is 16.4. The Morgan fingerprint density at radius 3 is 2.05 bits per heavy atom. The van der Waals surface area contributed by atoms with E-state index in [2.05, 4.69) is 36.5 Å². The van der Waals surface area contributed by atoms with Crippen LogP contribution in [-0.4, -0.2) is 14.2 Å². The maximum atomic E-state index is 5.30. The van der Waals surface area contributed by atoms with Gasteiger partial charge < -0.3 is 14.8 Å². The minimum absolute atomic E-state index is 0.759. The Bertz CT molecular complexity index is 567. The van der Waals surface area contributed by atoms with Crippen LogP contribution in [0.5, 0.6) is 11.5 Å². The fraction of sp³-hybridized carbons (Fsp3) is 0.368. The first-order valence-electron chi connectivity index (χ1n) is 7.70. The van der Waals surface area contributed by atoms with Crippen molar-refractivity contribution < 1.29 is 9.47 Å². The molecule has 22 heavy (non-hydrogen) atoms. The average molecular weight is 301 g/mol. The van der Waals surface area contributed by atoms with E-state index in [1.54, 1.807) is 14.2 Å². The van der Waals surface area contributed by atoms with Gasteiger partial charge in [-0.15, -0.1) is 0 Å². The van der Waals surface area contributed by atoms with E-state index in [1.807, 2.05) is 32.0 Å². The molecule has 0 spiro atoms. The third-order valence-corrected chi connectivity index (χ3v) is 3.19. The third-order valence-electron chi connectivity index (χ3n) is 3.19. The van der Waals surface area contributed by atoms with Gasteiger partial charge in [0.2, 0.25) is 0 Å². The molecule has 0 unspecified atom stereocenters. The Hall–Kier alpha value is -2.00. The van der Waals surface area contributed by atoms with Crippen LogP contribution in [0.1, 0.15) is 30.5 Å². The maximum absolute atomic E-state index is 5.30. The van der Waals surface area contributed by atoms with Crippen LogP contribution in [0.15, 0.2) is 42.5 Å². The molecule has 2 aromatic rings. The minimum atomic E-state index is 0.759. The molecule has 0 heterocycles. The minimum Gasteiger partial charge on any atom is -0.493 e. The van der Waals surface area contributed by atoms with Crippen LogP contribution >= 0.6 is 0 Å². The molecule has 0 fully saturated rings. The SMILES string of the molecule is CC.COc1ccc(CNCc2cccc(C)c2)cc1OC. The number of rotatable bonds is 6. The highest BCUT2D eigenvalue weighted by atomic mass is 16.5. The first-order chi connectivity index (χ1) is 10.7. The summed E-state index contributed by atoms with van der Waals surface area (Å²) in [6.45, 7) is 7.77. The molecule has 0 aliphatic rings. The molecule has 0 atom stereocenters. The molecular weight excluding hydrogens is 274 g/mol. The van der Waals surface area contributed by atoms with Gasteiger partial charge in [-0.1, -0.05) is 49.7 Å². The van der Waals surface area contributed by atoms with E-state index in [-0.39, 0.29) is 0 Å². The van der Waals surface area contributed by atoms with Gasteiger partial charge in [0.25, 0.3) is 0 Å². The van der Waals surface area contributed by atoms with Gasteiger partial charge in [-0.3, -0.25) is 0 Å². The van der Waals surface area contributed by atoms with Crippen LogP contribution in [0.4, 0.5) is 0 Å². The van der Waals surface area contributed by atoms with Gasteiger partial charge in [-0.05, 0) is 30.2 Å². The quantitative estimate of drug-likeness (QED) is 0.861. The van der Waals surface area contributed by atoms with E-state index in [0.717, 1.165) is 24.6 Å². The highest BCUT2D eigenvalue weighted by molar-refractivity contribution is 5.42. The lowest BCUT2D eigenvalue weighted by Crippen LogP contribution is -2.12.